The molecule has 26 heavy (non-hydrogen) atoms. The van der Waals surface area contributed by atoms with E-state index in [1.807, 2.05) is 0 Å². The van der Waals surface area contributed by atoms with E-state index in [0.717, 1.165) is 0 Å². The second-order valence-electron chi connectivity index (χ2n) is 5.65. The van der Waals surface area contributed by atoms with Crippen LogP contribution in [0.1, 0.15) is 34.6 Å². The highest BCUT2D eigenvalue weighted by Crippen LogP contribution is 2.18. The lowest BCUT2D eigenvalue weighted by atomic mass is 10.2. The Balaban J connectivity index is 2.14. The second-order valence-corrected chi connectivity index (χ2v) is 7.34. The molecule has 0 saturated heterocycles. The highest BCUT2D eigenvalue weighted by molar-refractivity contribution is 7.92. The van der Waals surface area contributed by atoms with Crippen molar-refractivity contribution in [3.8, 4) is 0 Å². The van der Waals surface area contributed by atoms with Gasteiger partial charge in [0.2, 0.25) is 0 Å². The fourth-order valence-electron chi connectivity index (χ4n) is 2.06. The third-order valence-corrected chi connectivity index (χ3v) is 4.70. The van der Waals surface area contributed by atoms with Crippen LogP contribution in [0.15, 0.2) is 53.4 Å². The number of hydrogen-bond acceptors (Lipinski definition) is 6. The van der Waals surface area contributed by atoms with Gasteiger partial charge in [0.25, 0.3) is 10.0 Å². The molecule has 0 atom stereocenters. The van der Waals surface area contributed by atoms with Crippen LogP contribution >= 0.6 is 0 Å². The maximum Gasteiger partial charge on any atom is 0.338 e. The summed E-state index contributed by atoms with van der Waals surface area (Å²) >= 11 is 0. The molecule has 8 heteroatoms. The summed E-state index contributed by atoms with van der Waals surface area (Å²) in [5, 5.41) is 0. The molecule has 0 heterocycles. The Hall–Kier alpha value is -2.87. The predicted octanol–water partition coefficient (Wildman–Crippen LogP) is 2.84. The predicted molar refractivity (Wildman–Crippen MR) is 95.6 cm³/mol. The molecule has 0 saturated carbocycles. The minimum atomic E-state index is -3.83. The monoisotopic (exact) mass is 377 g/mol. The molecule has 138 valence electrons. The Kier molecular flexibility index (Phi) is 5.99. The van der Waals surface area contributed by atoms with Crippen molar-refractivity contribution >= 4 is 27.6 Å². The topological polar surface area (TPSA) is 98.8 Å². The highest BCUT2D eigenvalue weighted by Gasteiger charge is 2.16. The number of nitrogens with one attached hydrogen (secondary N) is 1. The zero-order chi connectivity index (χ0) is 19.3. The SMILES string of the molecule is COC(=O)c1ccc(S(=O)(=O)Nc2ccc(C(=O)OC(C)C)cc2)cc1. The molecule has 2 rings (SSSR count). The minimum Gasteiger partial charge on any atom is -0.465 e. The number of methoxy groups -OCH3 is 1. The van der Waals surface area contributed by atoms with Crippen LogP contribution < -0.4 is 4.72 Å². The van der Waals surface area contributed by atoms with Crippen molar-refractivity contribution in [2.24, 2.45) is 0 Å². The number of carbonyl (C=O) groups excluding carboxylic acids is 2. The van der Waals surface area contributed by atoms with Crippen molar-refractivity contribution in [1.29, 1.82) is 0 Å². The zero-order valence-electron chi connectivity index (χ0n) is 14.6. The van der Waals surface area contributed by atoms with E-state index in [-0.39, 0.29) is 16.6 Å². The third kappa shape index (κ3) is 4.82. The van der Waals surface area contributed by atoms with Gasteiger partial charge in [0.15, 0.2) is 0 Å². The maximum atomic E-state index is 12.4. The Morgan fingerprint density at radius 2 is 1.38 bits per heavy atom. The summed E-state index contributed by atoms with van der Waals surface area (Å²) in [6, 6.07) is 11.2. The zero-order valence-corrected chi connectivity index (χ0v) is 15.4. The Labute approximate surface area is 152 Å². The van der Waals surface area contributed by atoms with E-state index in [4.69, 9.17) is 4.74 Å². The van der Waals surface area contributed by atoms with E-state index in [1.54, 1.807) is 13.8 Å². The summed E-state index contributed by atoms with van der Waals surface area (Å²) in [5.74, 6) is -1.03. The van der Waals surface area contributed by atoms with Gasteiger partial charge < -0.3 is 9.47 Å². The molecular weight excluding hydrogens is 358 g/mol. The molecule has 0 aliphatic rings. The smallest absolute Gasteiger partial charge is 0.338 e. The molecule has 0 radical (unpaired) electrons. The fourth-order valence-corrected chi connectivity index (χ4v) is 3.12. The Bertz CT molecular complexity index is 886. The molecule has 0 fully saturated rings. The van der Waals surface area contributed by atoms with Gasteiger partial charge in [-0.15, -0.1) is 0 Å². The van der Waals surface area contributed by atoms with Gasteiger partial charge in [-0.05, 0) is 62.4 Å². The second kappa shape index (κ2) is 8.01. The van der Waals surface area contributed by atoms with Gasteiger partial charge in [-0.1, -0.05) is 0 Å². The average molecular weight is 377 g/mol. The lowest BCUT2D eigenvalue weighted by molar-refractivity contribution is 0.0377. The number of sulfonamides is 1. The van der Waals surface area contributed by atoms with E-state index in [9.17, 15) is 18.0 Å². The summed E-state index contributed by atoms with van der Waals surface area (Å²) in [6.07, 6.45) is -0.242. The summed E-state index contributed by atoms with van der Waals surface area (Å²) in [7, 11) is -2.59. The van der Waals surface area contributed by atoms with E-state index in [2.05, 4.69) is 9.46 Å². The largest absolute Gasteiger partial charge is 0.465 e. The van der Waals surface area contributed by atoms with Gasteiger partial charge in [0.1, 0.15) is 0 Å². The van der Waals surface area contributed by atoms with Crippen molar-refractivity contribution in [1.82, 2.24) is 0 Å². The quantitative estimate of drug-likeness (QED) is 0.777. The van der Waals surface area contributed by atoms with Gasteiger partial charge in [-0.2, -0.15) is 0 Å². The van der Waals surface area contributed by atoms with E-state index in [0.29, 0.717) is 11.3 Å². The van der Waals surface area contributed by atoms with Crippen LogP contribution in [0.3, 0.4) is 0 Å². The third-order valence-electron chi connectivity index (χ3n) is 3.30. The number of rotatable bonds is 6. The van der Waals surface area contributed by atoms with Crippen LogP contribution in [0, 0.1) is 0 Å². The molecule has 0 amide bonds. The maximum absolute atomic E-state index is 12.4. The molecule has 7 nitrogen and oxygen atoms in total. The molecule has 1 N–H and O–H groups in total. The van der Waals surface area contributed by atoms with E-state index in [1.165, 1.54) is 55.6 Å². The first-order valence-electron chi connectivity index (χ1n) is 7.75. The molecule has 2 aromatic carbocycles. The standard InChI is InChI=1S/C18H19NO6S/c1-12(2)25-18(21)14-4-8-15(9-5-14)19-26(22,23)16-10-6-13(7-11-16)17(20)24-3/h4-12,19H,1-3H3. The number of ether oxygens (including phenoxy) is 2. The molecule has 0 aromatic heterocycles. The first kappa shape index (κ1) is 19.5. The lowest BCUT2D eigenvalue weighted by Gasteiger charge is -2.10. The number of carbonyl (C=O) groups is 2. The first-order valence-corrected chi connectivity index (χ1v) is 9.23. The molecule has 0 aliphatic carbocycles. The minimum absolute atomic E-state index is 0.00607. The van der Waals surface area contributed by atoms with Crippen LogP contribution in [0.4, 0.5) is 5.69 Å². The van der Waals surface area contributed by atoms with Crippen LogP contribution in [-0.2, 0) is 19.5 Å². The summed E-state index contributed by atoms with van der Waals surface area (Å²) in [4.78, 5) is 23.2. The Morgan fingerprint density at radius 3 is 1.88 bits per heavy atom. The van der Waals surface area contributed by atoms with Gasteiger partial charge in [0, 0.05) is 5.69 Å². The van der Waals surface area contributed by atoms with Gasteiger partial charge >= 0.3 is 11.9 Å². The lowest BCUT2D eigenvalue weighted by Crippen LogP contribution is -2.14. The van der Waals surface area contributed by atoms with Gasteiger partial charge in [0.05, 0.1) is 29.2 Å². The van der Waals surface area contributed by atoms with Crippen molar-refractivity contribution in [3.63, 3.8) is 0 Å². The van der Waals surface area contributed by atoms with Gasteiger partial charge in [-0.25, -0.2) is 18.0 Å². The van der Waals surface area contributed by atoms with Crippen LogP contribution in [0.2, 0.25) is 0 Å². The normalized spacial score (nSPS) is 11.1. The van der Waals surface area contributed by atoms with E-state index < -0.39 is 22.0 Å². The highest BCUT2D eigenvalue weighted by atomic mass is 32.2. The van der Waals surface area contributed by atoms with Crippen molar-refractivity contribution in [2.75, 3.05) is 11.8 Å². The number of esters is 2. The van der Waals surface area contributed by atoms with E-state index >= 15 is 0 Å². The van der Waals surface area contributed by atoms with Crippen LogP contribution in [-0.4, -0.2) is 33.6 Å². The van der Waals surface area contributed by atoms with Crippen LogP contribution in [0.25, 0.3) is 0 Å². The van der Waals surface area contributed by atoms with Crippen molar-refractivity contribution in [2.45, 2.75) is 24.8 Å². The molecule has 0 bridgehead atoms. The number of benzene rings is 2. The van der Waals surface area contributed by atoms with Crippen molar-refractivity contribution in [3.05, 3.63) is 59.7 Å². The molecule has 2 aromatic rings. The fraction of sp³-hybridized carbons (Fsp3) is 0.222. The molecule has 0 spiro atoms. The molecular formula is C18H19NO6S. The number of anilines is 1. The first-order chi connectivity index (χ1) is 12.2. The van der Waals surface area contributed by atoms with Crippen LogP contribution in [0.5, 0.6) is 0 Å². The van der Waals surface area contributed by atoms with Gasteiger partial charge in [-0.3, -0.25) is 4.72 Å². The summed E-state index contributed by atoms with van der Waals surface area (Å²) in [5.41, 5.74) is 0.867. The summed E-state index contributed by atoms with van der Waals surface area (Å²) in [6.45, 7) is 3.48. The molecule has 0 unspecified atom stereocenters. The molecule has 0 aliphatic heterocycles. The number of hydrogen-bond donors (Lipinski definition) is 1. The Morgan fingerprint density at radius 1 is 0.885 bits per heavy atom. The average Bonchev–Trinajstić information content (AvgIpc) is 2.61. The van der Waals surface area contributed by atoms with Crippen molar-refractivity contribution < 1.29 is 27.5 Å². The summed E-state index contributed by atoms with van der Waals surface area (Å²) < 4.78 is 36.8.